The summed E-state index contributed by atoms with van der Waals surface area (Å²) in [5.74, 6) is 2.29. The van der Waals surface area contributed by atoms with Crippen LogP contribution in [0.1, 0.15) is 51.2 Å². The van der Waals surface area contributed by atoms with Crippen LogP contribution in [0.4, 0.5) is 0 Å². The summed E-state index contributed by atoms with van der Waals surface area (Å²) in [7, 11) is 0. The van der Waals surface area contributed by atoms with Crippen LogP contribution in [0.3, 0.4) is 0 Å². The van der Waals surface area contributed by atoms with Gasteiger partial charge in [0, 0.05) is 38.6 Å². The van der Waals surface area contributed by atoms with Gasteiger partial charge in [0.1, 0.15) is 0 Å². The fourth-order valence-electron chi connectivity index (χ4n) is 3.75. The average Bonchev–Trinajstić information content (AvgIpc) is 3.11. The maximum absolute atomic E-state index is 4.97. The Balaban J connectivity index is 0.00000364. The van der Waals surface area contributed by atoms with Crippen LogP contribution >= 0.6 is 24.0 Å². The van der Waals surface area contributed by atoms with Crippen molar-refractivity contribution in [1.82, 2.24) is 15.1 Å². The van der Waals surface area contributed by atoms with Crippen molar-refractivity contribution in [3.63, 3.8) is 0 Å². The fourth-order valence-corrected chi connectivity index (χ4v) is 3.75. The Labute approximate surface area is 183 Å². The molecule has 0 amide bonds. The van der Waals surface area contributed by atoms with Crippen molar-refractivity contribution in [2.24, 2.45) is 10.9 Å². The first-order chi connectivity index (χ1) is 12.6. The second-order valence-corrected chi connectivity index (χ2v) is 7.60. The van der Waals surface area contributed by atoms with Gasteiger partial charge in [-0.1, -0.05) is 50.6 Å². The number of hydrogen-bond donors (Lipinski definition) is 1. The van der Waals surface area contributed by atoms with Gasteiger partial charge in [-0.05, 0) is 44.8 Å². The predicted molar refractivity (Wildman–Crippen MR) is 128 cm³/mol. The van der Waals surface area contributed by atoms with E-state index in [1.165, 1.54) is 24.1 Å². The SMILES string of the molecule is CCNC(=NCC(C)c1cccc(C)c1)N1CCC(CN(CC)CC)C1.I. The first-order valence-corrected chi connectivity index (χ1v) is 10.4. The molecule has 0 aliphatic carbocycles. The van der Waals surface area contributed by atoms with Crippen LogP contribution in [0.2, 0.25) is 0 Å². The van der Waals surface area contributed by atoms with Crippen LogP contribution in [0.15, 0.2) is 29.3 Å². The lowest BCUT2D eigenvalue weighted by Crippen LogP contribution is -2.41. The van der Waals surface area contributed by atoms with Crippen molar-refractivity contribution in [2.45, 2.75) is 47.0 Å². The number of rotatable bonds is 8. The van der Waals surface area contributed by atoms with E-state index in [0.717, 1.165) is 51.1 Å². The molecule has 1 aromatic carbocycles. The molecule has 1 N–H and O–H groups in total. The molecule has 2 atom stereocenters. The van der Waals surface area contributed by atoms with Crippen molar-refractivity contribution < 1.29 is 0 Å². The van der Waals surface area contributed by atoms with Gasteiger partial charge >= 0.3 is 0 Å². The lowest BCUT2D eigenvalue weighted by Gasteiger charge is -2.24. The first kappa shape index (κ1) is 24.2. The van der Waals surface area contributed by atoms with E-state index >= 15 is 0 Å². The van der Waals surface area contributed by atoms with Gasteiger partial charge in [-0.2, -0.15) is 0 Å². The van der Waals surface area contributed by atoms with E-state index in [9.17, 15) is 0 Å². The van der Waals surface area contributed by atoms with Crippen LogP contribution in [0, 0.1) is 12.8 Å². The van der Waals surface area contributed by atoms with Crippen LogP contribution in [-0.4, -0.2) is 61.6 Å². The quantitative estimate of drug-likeness (QED) is 0.337. The van der Waals surface area contributed by atoms with E-state index in [1.54, 1.807) is 0 Å². The van der Waals surface area contributed by atoms with Gasteiger partial charge in [0.2, 0.25) is 0 Å². The van der Waals surface area contributed by atoms with Crippen LogP contribution < -0.4 is 5.32 Å². The summed E-state index contributed by atoms with van der Waals surface area (Å²) in [6.45, 7) is 18.6. The van der Waals surface area contributed by atoms with Crippen LogP contribution in [-0.2, 0) is 0 Å². The second kappa shape index (κ2) is 12.6. The van der Waals surface area contributed by atoms with E-state index in [4.69, 9.17) is 4.99 Å². The Morgan fingerprint density at radius 2 is 2.04 bits per heavy atom. The summed E-state index contributed by atoms with van der Waals surface area (Å²) >= 11 is 0. The molecule has 27 heavy (non-hydrogen) atoms. The molecule has 0 spiro atoms. The second-order valence-electron chi connectivity index (χ2n) is 7.60. The third-order valence-electron chi connectivity index (χ3n) is 5.46. The van der Waals surface area contributed by atoms with Crippen LogP contribution in [0.25, 0.3) is 0 Å². The highest BCUT2D eigenvalue weighted by atomic mass is 127. The molecule has 2 unspecified atom stereocenters. The molecule has 0 saturated carbocycles. The maximum Gasteiger partial charge on any atom is 0.193 e. The molecule has 1 fully saturated rings. The summed E-state index contributed by atoms with van der Waals surface area (Å²) < 4.78 is 0. The zero-order chi connectivity index (χ0) is 18.9. The summed E-state index contributed by atoms with van der Waals surface area (Å²) in [6, 6.07) is 8.80. The van der Waals surface area contributed by atoms with Gasteiger partial charge in [0.25, 0.3) is 0 Å². The van der Waals surface area contributed by atoms with Crippen molar-refractivity contribution in [3.8, 4) is 0 Å². The molecule has 0 aromatic heterocycles. The molecule has 1 heterocycles. The Morgan fingerprint density at radius 3 is 2.67 bits per heavy atom. The number of nitrogens with zero attached hydrogens (tertiary/aromatic N) is 3. The monoisotopic (exact) mass is 486 g/mol. The van der Waals surface area contributed by atoms with E-state index < -0.39 is 0 Å². The van der Waals surface area contributed by atoms with Gasteiger partial charge in [-0.3, -0.25) is 4.99 Å². The normalized spacial score (nSPS) is 18.5. The minimum atomic E-state index is 0. The number of nitrogens with one attached hydrogen (secondary N) is 1. The topological polar surface area (TPSA) is 30.9 Å². The van der Waals surface area contributed by atoms with Gasteiger partial charge in [-0.25, -0.2) is 0 Å². The number of guanidine groups is 1. The van der Waals surface area contributed by atoms with Gasteiger partial charge < -0.3 is 15.1 Å². The molecule has 5 heteroatoms. The Bertz CT molecular complexity index is 571. The molecule has 0 radical (unpaired) electrons. The standard InChI is InChI=1S/C22H38N4.HI/c1-6-23-22(24-15-19(5)21-11-9-10-18(4)14-21)26-13-12-20(17-26)16-25(7-2)8-3;/h9-11,14,19-20H,6-8,12-13,15-17H2,1-5H3,(H,23,24);1H. The summed E-state index contributed by atoms with van der Waals surface area (Å²) in [5.41, 5.74) is 2.70. The number of likely N-dealkylation sites (tertiary alicyclic amines) is 1. The smallest absolute Gasteiger partial charge is 0.193 e. The molecule has 2 rings (SSSR count). The van der Waals surface area contributed by atoms with E-state index in [2.05, 4.69) is 74.0 Å². The third kappa shape index (κ3) is 7.60. The fraction of sp³-hybridized carbons (Fsp3) is 0.682. The van der Waals surface area contributed by atoms with E-state index in [-0.39, 0.29) is 24.0 Å². The van der Waals surface area contributed by atoms with Gasteiger partial charge in [0.05, 0.1) is 0 Å². The number of hydrogen-bond acceptors (Lipinski definition) is 2. The minimum Gasteiger partial charge on any atom is -0.357 e. The lowest BCUT2D eigenvalue weighted by molar-refractivity contribution is 0.255. The number of aliphatic imine (C=N–C) groups is 1. The molecule has 0 bridgehead atoms. The average molecular weight is 486 g/mol. The third-order valence-corrected chi connectivity index (χ3v) is 5.46. The van der Waals surface area contributed by atoms with Crippen LogP contribution in [0.5, 0.6) is 0 Å². The maximum atomic E-state index is 4.97. The summed E-state index contributed by atoms with van der Waals surface area (Å²) in [6.07, 6.45) is 1.27. The van der Waals surface area contributed by atoms with Crippen molar-refractivity contribution in [2.75, 3.05) is 45.8 Å². The van der Waals surface area contributed by atoms with Crippen molar-refractivity contribution >= 4 is 29.9 Å². The first-order valence-electron chi connectivity index (χ1n) is 10.4. The van der Waals surface area contributed by atoms with Gasteiger partial charge in [0.15, 0.2) is 5.96 Å². The van der Waals surface area contributed by atoms with E-state index in [0.29, 0.717) is 5.92 Å². The molecule has 1 aromatic rings. The molecule has 1 aliphatic rings. The Hall–Kier alpha value is -0.820. The molecular formula is C22H39IN4. The summed E-state index contributed by atoms with van der Waals surface area (Å²) in [4.78, 5) is 9.97. The molecule has 1 aliphatic heterocycles. The highest BCUT2D eigenvalue weighted by molar-refractivity contribution is 14.0. The zero-order valence-electron chi connectivity index (χ0n) is 17.9. The van der Waals surface area contributed by atoms with E-state index in [1.807, 2.05) is 0 Å². The summed E-state index contributed by atoms with van der Waals surface area (Å²) in [5, 5.41) is 3.51. The lowest BCUT2D eigenvalue weighted by atomic mass is 10.00. The predicted octanol–water partition coefficient (Wildman–Crippen LogP) is 4.35. The zero-order valence-corrected chi connectivity index (χ0v) is 20.2. The molecule has 154 valence electrons. The molecular weight excluding hydrogens is 447 g/mol. The Morgan fingerprint density at radius 1 is 1.30 bits per heavy atom. The van der Waals surface area contributed by atoms with Crippen molar-refractivity contribution in [3.05, 3.63) is 35.4 Å². The van der Waals surface area contributed by atoms with Crippen molar-refractivity contribution in [1.29, 1.82) is 0 Å². The molecule has 1 saturated heterocycles. The highest BCUT2D eigenvalue weighted by Crippen LogP contribution is 2.19. The molecule has 4 nitrogen and oxygen atoms in total. The highest BCUT2D eigenvalue weighted by Gasteiger charge is 2.26. The van der Waals surface area contributed by atoms with Gasteiger partial charge in [-0.15, -0.1) is 24.0 Å². The Kier molecular flexibility index (Phi) is 11.3. The number of halogens is 1. The number of benzene rings is 1. The minimum absolute atomic E-state index is 0. The number of aryl methyl sites for hydroxylation is 1. The largest absolute Gasteiger partial charge is 0.357 e.